The predicted molar refractivity (Wildman–Crippen MR) is 166 cm³/mol. The molecule has 46 heavy (non-hydrogen) atoms. The molecule has 0 spiro atoms. The molecular formula is C31H26N6O7S2. The Kier molecular flexibility index (Phi) is 10.4. The summed E-state index contributed by atoms with van der Waals surface area (Å²) in [5.74, 6) is -0.721. The maximum atomic E-state index is 12.8. The number of rotatable bonds is 14. The molecule has 0 radical (unpaired) electrons. The number of nitrogens with one attached hydrogen (secondary N) is 1. The Labute approximate surface area is 268 Å². The molecule has 0 amide bonds. The van der Waals surface area contributed by atoms with E-state index in [0.717, 1.165) is 23.0 Å². The minimum absolute atomic E-state index is 0.00528. The van der Waals surface area contributed by atoms with Gasteiger partial charge in [-0.05, 0) is 42.0 Å². The van der Waals surface area contributed by atoms with Gasteiger partial charge in [-0.1, -0.05) is 78.5 Å². The second-order valence-corrected chi connectivity index (χ2v) is 12.3. The first-order valence-corrected chi connectivity index (χ1v) is 16.3. The Balaban J connectivity index is 1.14. The van der Waals surface area contributed by atoms with Gasteiger partial charge >= 0.3 is 16.9 Å². The quantitative estimate of drug-likeness (QED) is 0.0569. The van der Waals surface area contributed by atoms with E-state index >= 15 is 0 Å². The van der Waals surface area contributed by atoms with Crippen molar-refractivity contribution in [2.45, 2.75) is 27.9 Å². The number of benzene rings is 3. The lowest BCUT2D eigenvalue weighted by atomic mass is 10.1. The summed E-state index contributed by atoms with van der Waals surface area (Å²) in [6.07, 6.45) is 0.758. The summed E-state index contributed by atoms with van der Waals surface area (Å²) in [5.41, 5.74) is 2.16. The molecule has 15 heteroatoms. The third-order valence-corrected chi connectivity index (χ3v) is 8.84. The van der Waals surface area contributed by atoms with Gasteiger partial charge in [-0.15, -0.1) is 0 Å². The number of anilines is 2. The van der Waals surface area contributed by atoms with E-state index in [0.29, 0.717) is 24.4 Å². The van der Waals surface area contributed by atoms with Crippen LogP contribution in [0.15, 0.2) is 111 Å². The Morgan fingerprint density at radius 1 is 0.957 bits per heavy atom. The molecule has 0 aliphatic heterocycles. The molecular weight excluding hydrogens is 633 g/mol. The van der Waals surface area contributed by atoms with Gasteiger partial charge in [0.1, 0.15) is 11.6 Å². The van der Waals surface area contributed by atoms with Gasteiger partial charge in [0, 0.05) is 11.3 Å². The Bertz CT molecular complexity index is 1940. The number of esters is 1. The van der Waals surface area contributed by atoms with Crippen molar-refractivity contribution >= 4 is 39.1 Å². The number of sulfone groups is 1. The van der Waals surface area contributed by atoms with Crippen molar-refractivity contribution in [3.63, 3.8) is 0 Å². The van der Waals surface area contributed by atoms with E-state index in [1.54, 1.807) is 6.07 Å². The molecule has 0 unspecified atom stereocenters. The van der Waals surface area contributed by atoms with Gasteiger partial charge in [0.05, 0.1) is 34.7 Å². The lowest BCUT2D eigenvalue weighted by Crippen LogP contribution is -2.31. The van der Waals surface area contributed by atoms with Crippen LogP contribution in [0.2, 0.25) is 0 Å². The van der Waals surface area contributed by atoms with Gasteiger partial charge in [0.25, 0.3) is 9.84 Å². The van der Waals surface area contributed by atoms with Crippen LogP contribution in [0.3, 0.4) is 0 Å². The molecule has 0 fully saturated rings. The molecule has 1 N–H and O–H groups in total. The molecule has 0 aliphatic carbocycles. The fraction of sp³-hybridized carbons (Fsp3) is 0.161. The molecule has 0 saturated heterocycles. The number of carbonyl (C=O) groups excluding carboxylic acids is 1. The van der Waals surface area contributed by atoms with E-state index < -0.39 is 26.7 Å². The van der Waals surface area contributed by atoms with Gasteiger partial charge in [-0.25, -0.2) is 18.4 Å². The van der Waals surface area contributed by atoms with E-state index in [1.165, 1.54) is 24.3 Å². The average Bonchev–Trinajstić information content (AvgIpc) is 3.47. The van der Waals surface area contributed by atoms with Crippen molar-refractivity contribution in [2.24, 2.45) is 0 Å². The molecule has 0 aliphatic rings. The van der Waals surface area contributed by atoms with Gasteiger partial charge < -0.3 is 20.0 Å². The minimum atomic E-state index is -4.22. The monoisotopic (exact) mass is 658 g/mol. The van der Waals surface area contributed by atoms with Crippen molar-refractivity contribution < 1.29 is 32.2 Å². The molecule has 0 saturated carbocycles. The number of aromatic nitrogens is 4. The highest BCUT2D eigenvalue weighted by Crippen LogP contribution is 2.31. The summed E-state index contributed by atoms with van der Waals surface area (Å²) < 4.78 is 40.9. The standard InChI is InChI=1S/C31H26N6O7S2/c32-20-25-27(22-12-4-1-5-13-22)34-31(35-28(25)33-23-14-6-2-7-15-23)45-21-26(38)42-18-10-11-19-43-29-30(37(39)44-36-29)46(40,41)24-16-8-3-9-17-24/h1-9,12-17H,10-11,18-19,21H2,(H,33,34,35). The zero-order valence-corrected chi connectivity index (χ0v) is 25.7. The van der Waals surface area contributed by atoms with Gasteiger partial charge in [-0.3, -0.25) is 9.42 Å². The first-order valence-electron chi connectivity index (χ1n) is 13.9. The summed E-state index contributed by atoms with van der Waals surface area (Å²) in [6, 6.07) is 28.1. The zero-order valence-electron chi connectivity index (χ0n) is 24.1. The number of hydrogen-bond donors (Lipinski definition) is 1. The highest BCUT2D eigenvalue weighted by atomic mass is 32.2. The fourth-order valence-electron chi connectivity index (χ4n) is 4.13. The number of unbranched alkanes of at least 4 members (excludes halogenated alkanes) is 1. The van der Waals surface area contributed by atoms with Crippen LogP contribution < -0.4 is 15.0 Å². The van der Waals surface area contributed by atoms with Crippen LogP contribution >= 0.6 is 11.8 Å². The number of thioether (sulfide) groups is 1. The molecule has 5 aromatic rings. The van der Waals surface area contributed by atoms with Crippen LogP contribution in [0.5, 0.6) is 5.88 Å². The van der Waals surface area contributed by atoms with E-state index in [9.17, 15) is 23.7 Å². The third-order valence-electron chi connectivity index (χ3n) is 6.30. The highest BCUT2D eigenvalue weighted by Gasteiger charge is 2.35. The first kappa shape index (κ1) is 31.9. The van der Waals surface area contributed by atoms with E-state index in [-0.39, 0.29) is 39.5 Å². The van der Waals surface area contributed by atoms with Crippen molar-refractivity contribution in [3.05, 3.63) is 102 Å². The number of ether oxygens (including phenoxy) is 2. The number of hydrogen-bond acceptors (Lipinski definition) is 13. The Morgan fingerprint density at radius 3 is 2.30 bits per heavy atom. The Morgan fingerprint density at radius 2 is 1.61 bits per heavy atom. The van der Waals surface area contributed by atoms with E-state index in [2.05, 4.69) is 31.1 Å². The summed E-state index contributed by atoms with van der Waals surface area (Å²) in [4.78, 5) is 21.2. The summed E-state index contributed by atoms with van der Waals surface area (Å²) in [5, 5.41) is 28.1. The lowest BCUT2D eigenvalue weighted by molar-refractivity contribution is -0.832. The van der Waals surface area contributed by atoms with Crippen molar-refractivity contribution in [1.82, 2.24) is 15.1 Å². The fourth-order valence-corrected chi connectivity index (χ4v) is 6.07. The highest BCUT2D eigenvalue weighted by molar-refractivity contribution is 7.99. The summed E-state index contributed by atoms with van der Waals surface area (Å²) >= 11 is 1.07. The topological polar surface area (TPSA) is 184 Å². The summed E-state index contributed by atoms with van der Waals surface area (Å²) in [7, 11) is -4.22. The Hall–Kier alpha value is -5.46. The van der Waals surface area contributed by atoms with Gasteiger partial charge in [0.2, 0.25) is 0 Å². The van der Waals surface area contributed by atoms with E-state index in [1.807, 2.05) is 60.7 Å². The van der Waals surface area contributed by atoms with Crippen molar-refractivity contribution in [1.29, 1.82) is 5.26 Å². The molecule has 3 aromatic carbocycles. The molecule has 0 atom stereocenters. The van der Waals surface area contributed by atoms with Crippen LogP contribution in [0.1, 0.15) is 18.4 Å². The van der Waals surface area contributed by atoms with Crippen LogP contribution in [0.4, 0.5) is 11.5 Å². The van der Waals surface area contributed by atoms with Crippen LogP contribution in [-0.4, -0.2) is 48.5 Å². The van der Waals surface area contributed by atoms with Crippen molar-refractivity contribution in [3.8, 4) is 23.2 Å². The van der Waals surface area contributed by atoms with Crippen LogP contribution in [-0.2, 0) is 19.4 Å². The smallest absolute Gasteiger partial charge is 0.414 e. The second kappa shape index (κ2) is 15.0. The molecule has 2 aromatic heterocycles. The molecule has 2 heterocycles. The normalized spacial score (nSPS) is 11.0. The SMILES string of the molecule is N#Cc1c(Nc2ccccc2)nc(SCC(=O)OCCCCOc2no[n+]([O-])c2S(=O)(=O)c2ccccc2)nc1-c1ccccc1. The first-order chi connectivity index (χ1) is 22.4. The van der Waals surface area contributed by atoms with Gasteiger partial charge in [0.15, 0.2) is 11.0 Å². The van der Waals surface area contributed by atoms with E-state index in [4.69, 9.17) is 9.47 Å². The number of nitrogens with zero attached hydrogens (tertiary/aromatic N) is 5. The van der Waals surface area contributed by atoms with Crippen molar-refractivity contribution in [2.75, 3.05) is 24.3 Å². The minimum Gasteiger partial charge on any atom is -0.465 e. The second-order valence-electron chi connectivity index (χ2n) is 9.47. The number of carbonyl (C=O) groups is 1. The molecule has 0 bridgehead atoms. The van der Waals surface area contributed by atoms with Gasteiger partial charge in [-0.2, -0.15) is 5.26 Å². The lowest BCUT2D eigenvalue weighted by Gasteiger charge is -2.13. The molecule has 5 rings (SSSR count). The summed E-state index contributed by atoms with van der Waals surface area (Å²) in [6.45, 7) is 0.0667. The maximum absolute atomic E-state index is 12.8. The maximum Gasteiger partial charge on any atom is 0.414 e. The average molecular weight is 659 g/mol. The zero-order chi connectivity index (χ0) is 32.4. The third kappa shape index (κ3) is 7.78. The largest absolute Gasteiger partial charge is 0.465 e. The number of nitriles is 1. The molecule has 234 valence electrons. The molecule has 13 nitrogen and oxygen atoms in total. The van der Waals surface area contributed by atoms with Crippen LogP contribution in [0, 0.1) is 16.5 Å². The number of para-hydroxylation sites is 1. The predicted octanol–water partition coefficient (Wildman–Crippen LogP) is 4.71. The van der Waals surface area contributed by atoms with Crippen LogP contribution in [0.25, 0.3) is 11.3 Å².